The third-order valence-corrected chi connectivity index (χ3v) is 6.66. The van der Waals surface area contributed by atoms with Crippen LogP contribution in [0.1, 0.15) is 71.6 Å². The van der Waals surface area contributed by atoms with E-state index in [-0.39, 0.29) is 35.7 Å². The Balaban J connectivity index is 1.90. The second kappa shape index (κ2) is 10.8. The Morgan fingerprint density at radius 1 is 1.29 bits per heavy atom. The number of rotatable bonds is 10. The molecule has 0 bridgehead atoms. The fourth-order valence-corrected chi connectivity index (χ4v) is 4.49. The molecule has 5 atom stereocenters. The monoisotopic (exact) mass is 388 g/mol. The van der Waals surface area contributed by atoms with E-state index < -0.39 is 12.1 Å². The molecular formula is C24H36O4. The molecule has 0 heterocycles. The molecule has 2 aliphatic carbocycles. The van der Waals surface area contributed by atoms with Gasteiger partial charge in [0.05, 0.1) is 12.2 Å². The number of aliphatic hydroxyl groups excluding tert-OH is 2. The molecule has 0 aromatic heterocycles. The van der Waals surface area contributed by atoms with Gasteiger partial charge in [-0.2, -0.15) is 0 Å². The first-order valence-corrected chi connectivity index (χ1v) is 10.7. The van der Waals surface area contributed by atoms with Gasteiger partial charge in [0.15, 0.2) is 0 Å². The summed E-state index contributed by atoms with van der Waals surface area (Å²) in [5, 5.41) is 29.9. The molecule has 0 aromatic carbocycles. The van der Waals surface area contributed by atoms with Crippen molar-refractivity contribution in [3.05, 3.63) is 24.3 Å². The molecule has 0 radical (unpaired) electrons. The van der Waals surface area contributed by atoms with Crippen molar-refractivity contribution in [2.45, 2.75) is 83.8 Å². The van der Waals surface area contributed by atoms with E-state index in [9.17, 15) is 15.0 Å². The van der Waals surface area contributed by atoms with Crippen LogP contribution in [0.25, 0.3) is 0 Å². The molecule has 2 rings (SSSR count). The smallest absolute Gasteiger partial charge is 0.303 e. The van der Waals surface area contributed by atoms with Crippen molar-refractivity contribution in [2.75, 3.05) is 0 Å². The zero-order valence-electron chi connectivity index (χ0n) is 17.3. The quantitative estimate of drug-likeness (QED) is 0.385. The Kier molecular flexibility index (Phi) is 8.79. The summed E-state index contributed by atoms with van der Waals surface area (Å²) < 4.78 is 0. The molecule has 2 fully saturated rings. The van der Waals surface area contributed by atoms with Gasteiger partial charge in [-0.25, -0.2) is 0 Å². The predicted molar refractivity (Wildman–Crippen MR) is 112 cm³/mol. The van der Waals surface area contributed by atoms with E-state index in [2.05, 4.69) is 30.1 Å². The minimum Gasteiger partial charge on any atom is -0.481 e. The minimum atomic E-state index is -0.760. The van der Waals surface area contributed by atoms with Crippen molar-refractivity contribution in [3.8, 4) is 11.8 Å². The van der Waals surface area contributed by atoms with Crippen LogP contribution in [0.15, 0.2) is 24.3 Å². The number of allylic oxidation sites excluding steroid dienone is 3. The standard InChI is InChI=1S/C24H36O4/c1-3-4-15-24(16-6-17-24)22(26)13-11-19-10-12-21(25)20(19)8-5-7-18(2)9-14-23(27)28/h5,7,11,13,18-22,25-26H,6,8-10,12,14-17H2,1-2H3,(H,27,28)/t18?,19-,20-,21+,22?/m1/s1. The van der Waals surface area contributed by atoms with E-state index in [1.165, 1.54) is 0 Å². The van der Waals surface area contributed by atoms with E-state index in [0.29, 0.717) is 6.42 Å². The number of hydrogen-bond donors (Lipinski definition) is 3. The summed E-state index contributed by atoms with van der Waals surface area (Å²) in [6, 6.07) is 0. The highest BCUT2D eigenvalue weighted by atomic mass is 16.4. The van der Waals surface area contributed by atoms with Gasteiger partial charge in [0.25, 0.3) is 0 Å². The highest BCUT2D eigenvalue weighted by Crippen LogP contribution is 2.47. The summed E-state index contributed by atoms with van der Waals surface area (Å²) in [4.78, 5) is 10.7. The van der Waals surface area contributed by atoms with Crippen LogP contribution < -0.4 is 0 Å². The Morgan fingerprint density at radius 3 is 2.64 bits per heavy atom. The number of aliphatic carboxylic acids is 1. The Morgan fingerprint density at radius 2 is 2.04 bits per heavy atom. The minimum absolute atomic E-state index is 0.0777. The molecule has 0 aliphatic heterocycles. The van der Waals surface area contributed by atoms with E-state index in [0.717, 1.165) is 44.9 Å². The summed E-state index contributed by atoms with van der Waals surface area (Å²) >= 11 is 0. The Hall–Kier alpha value is -1.57. The van der Waals surface area contributed by atoms with Crippen LogP contribution in [-0.4, -0.2) is 33.5 Å². The lowest BCUT2D eigenvalue weighted by Gasteiger charge is -2.43. The first-order chi connectivity index (χ1) is 13.4. The van der Waals surface area contributed by atoms with Crippen LogP contribution in [0.4, 0.5) is 0 Å². The highest BCUT2D eigenvalue weighted by molar-refractivity contribution is 5.66. The fraction of sp³-hybridized carbons (Fsp3) is 0.708. The normalized spacial score (nSPS) is 28.6. The lowest BCUT2D eigenvalue weighted by atomic mass is 9.63. The van der Waals surface area contributed by atoms with Crippen LogP contribution in [0, 0.1) is 35.0 Å². The first kappa shape index (κ1) is 22.7. The molecule has 0 saturated heterocycles. The van der Waals surface area contributed by atoms with Crippen LogP contribution in [0.2, 0.25) is 0 Å². The van der Waals surface area contributed by atoms with Gasteiger partial charge in [-0.3, -0.25) is 4.79 Å². The van der Waals surface area contributed by atoms with Crippen LogP contribution in [-0.2, 0) is 4.79 Å². The third kappa shape index (κ3) is 6.22. The second-order valence-electron chi connectivity index (χ2n) is 8.70. The van der Waals surface area contributed by atoms with Gasteiger partial charge in [0.2, 0.25) is 0 Å². The molecular weight excluding hydrogens is 352 g/mol. The van der Waals surface area contributed by atoms with E-state index in [1.54, 1.807) is 0 Å². The molecule has 2 aliphatic rings. The van der Waals surface area contributed by atoms with E-state index >= 15 is 0 Å². The van der Waals surface area contributed by atoms with Gasteiger partial charge in [0.1, 0.15) is 0 Å². The molecule has 28 heavy (non-hydrogen) atoms. The Bertz CT molecular complexity index is 620. The molecule has 2 saturated carbocycles. The third-order valence-electron chi connectivity index (χ3n) is 6.66. The molecule has 4 heteroatoms. The van der Waals surface area contributed by atoms with Crippen molar-refractivity contribution in [1.82, 2.24) is 0 Å². The summed E-state index contributed by atoms with van der Waals surface area (Å²) in [6.45, 7) is 3.87. The molecule has 2 unspecified atom stereocenters. The zero-order chi connectivity index (χ0) is 20.6. The van der Waals surface area contributed by atoms with Gasteiger partial charge >= 0.3 is 5.97 Å². The van der Waals surface area contributed by atoms with Crippen LogP contribution in [0.3, 0.4) is 0 Å². The summed E-state index contributed by atoms with van der Waals surface area (Å²) in [5.74, 6) is 5.99. The second-order valence-corrected chi connectivity index (χ2v) is 8.70. The van der Waals surface area contributed by atoms with Crippen molar-refractivity contribution >= 4 is 5.97 Å². The molecule has 156 valence electrons. The van der Waals surface area contributed by atoms with Crippen molar-refractivity contribution in [3.63, 3.8) is 0 Å². The lowest BCUT2D eigenvalue weighted by molar-refractivity contribution is -0.137. The topological polar surface area (TPSA) is 77.8 Å². The van der Waals surface area contributed by atoms with Crippen molar-refractivity contribution in [1.29, 1.82) is 0 Å². The number of carbonyl (C=O) groups is 1. The number of carboxylic acids is 1. The highest BCUT2D eigenvalue weighted by Gasteiger charge is 2.42. The van der Waals surface area contributed by atoms with Crippen molar-refractivity contribution in [2.24, 2.45) is 23.2 Å². The molecule has 0 amide bonds. The zero-order valence-corrected chi connectivity index (χ0v) is 17.3. The lowest BCUT2D eigenvalue weighted by Crippen LogP contribution is -2.40. The largest absolute Gasteiger partial charge is 0.481 e. The fourth-order valence-electron chi connectivity index (χ4n) is 4.49. The van der Waals surface area contributed by atoms with Gasteiger partial charge in [-0.05, 0) is 63.2 Å². The maximum atomic E-state index is 10.7. The average Bonchev–Trinajstić information content (AvgIpc) is 2.97. The van der Waals surface area contributed by atoms with Gasteiger partial charge in [-0.15, -0.1) is 11.8 Å². The number of carboxylic acid groups (broad SMARTS) is 1. The van der Waals surface area contributed by atoms with Gasteiger partial charge in [0, 0.05) is 18.3 Å². The summed E-state index contributed by atoms with van der Waals surface area (Å²) in [6.07, 6.45) is 14.8. The van der Waals surface area contributed by atoms with Gasteiger partial charge < -0.3 is 15.3 Å². The molecule has 3 N–H and O–H groups in total. The average molecular weight is 389 g/mol. The summed E-state index contributed by atoms with van der Waals surface area (Å²) in [7, 11) is 0. The van der Waals surface area contributed by atoms with Crippen molar-refractivity contribution < 1.29 is 20.1 Å². The maximum absolute atomic E-state index is 10.7. The Labute approximate surface area is 169 Å². The van der Waals surface area contributed by atoms with Crippen LogP contribution in [0.5, 0.6) is 0 Å². The van der Waals surface area contributed by atoms with E-state index in [4.69, 9.17) is 5.11 Å². The van der Waals surface area contributed by atoms with Crippen LogP contribution >= 0.6 is 0 Å². The molecule has 0 spiro atoms. The number of aliphatic hydroxyl groups is 2. The number of hydrogen-bond acceptors (Lipinski definition) is 3. The predicted octanol–water partition coefficient (Wildman–Crippen LogP) is 4.32. The molecule has 4 nitrogen and oxygen atoms in total. The summed E-state index contributed by atoms with van der Waals surface area (Å²) in [5.41, 5.74) is -0.0777. The first-order valence-electron chi connectivity index (χ1n) is 10.7. The maximum Gasteiger partial charge on any atom is 0.303 e. The SMILES string of the molecule is CC#CCC1(C(O)C=C[C@H]2CC[C@H](O)[C@@H]2CC=CC(C)CCC(=O)O)CCC1. The molecule has 0 aromatic rings. The van der Waals surface area contributed by atoms with Gasteiger partial charge in [-0.1, -0.05) is 37.6 Å². The van der Waals surface area contributed by atoms with E-state index in [1.807, 2.05) is 19.9 Å².